The fourth-order valence-electron chi connectivity index (χ4n) is 2.33. The minimum Gasteiger partial charge on any atom is -0.496 e. The average Bonchev–Trinajstić information content (AvgIpc) is 2.45. The van der Waals surface area contributed by atoms with Crippen molar-refractivity contribution in [3.8, 4) is 5.75 Å². The summed E-state index contributed by atoms with van der Waals surface area (Å²) in [6.07, 6.45) is 2.53. The van der Waals surface area contributed by atoms with Crippen LogP contribution in [-0.4, -0.2) is 19.8 Å². The molecule has 0 saturated carbocycles. The molecule has 114 valence electrons. The van der Waals surface area contributed by atoms with Crippen LogP contribution in [0.4, 0.5) is 0 Å². The average molecular weight is 279 g/mol. The molecule has 1 aromatic rings. The summed E-state index contributed by atoms with van der Waals surface area (Å²) in [5, 5.41) is 3.43. The van der Waals surface area contributed by atoms with Gasteiger partial charge in [0.05, 0.1) is 19.8 Å². The van der Waals surface area contributed by atoms with Crippen LogP contribution in [0, 0.1) is 0 Å². The molecule has 0 aromatic heterocycles. The van der Waals surface area contributed by atoms with Crippen molar-refractivity contribution in [2.75, 3.05) is 13.7 Å². The summed E-state index contributed by atoms with van der Waals surface area (Å²) < 4.78 is 11.3. The second kappa shape index (κ2) is 8.98. The molecule has 3 heteroatoms. The van der Waals surface area contributed by atoms with Crippen molar-refractivity contribution >= 4 is 0 Å². The number of ether oxygens (including phenoxy) is 2. The van der Waals surface area contributed by atoms with Crippen LogP contribution in [0.15, 0.2) is 18.2 Å². The van der Waals surface area contributed by atoms with Gasteiger partial charge in [-0.1, -0.05) is 26.3 Å². The Labute approximate surface area is 123 Å². The molecule has 0 bridgehead atoms. The minimum atomic E-state index is 0.291. The van der Waals surface area contributed by atoms with E-state index in [1.54, 1.807) is 7.11 Å². The molecule has 0 radical (unpaired) electrons. The van der Waals surface area contributed by atoms with E-state index in [1.807, 2.05) is 6.07 Å². The third-order valence-corrected chi connectivity index (χ3v) is 3.53. The number of hydrogen-bond acceptors (Lipinski definition) is 3. The van der Waals surface area contributed by atoms with Crippen LogP contribution in [0.5, 0.6) is 5.75 Å². The van der Waals surface area contributed by atoms with Crippen LogP contribution in [0.2, 0.25) is 0 Å². The van der Waals surface area contributed by atoms with Crippen molar-refractivity contribution in [3.05, 3.63) is 29.3 Å². The highest BCUT2D eigenvalue weighted by Crippen LogP contribution is 2.24. The van der Waals surface area contributed by atoms with Gasteiger partial charge in [-0.2, -0.15) is 0 Å². The highest BCUT2D eigenvalue weighted by molar-refractivity contribution is 5.38. The van der Waals surface area contributed by atoms with Crippen LogP contribution >= 0.6 is 0 Å². The fourth-order valence-corrected chi connectivity index (χ4v) is 2.33. The molecule has 0 aliphatic heterocycles. The van der Waals surface area contributed by atoms with Gasteiger partial charge < -0.3 is 14.8 Å². The highest BCUT2D eigenvalue weighted by atomic mass is 16.5. The van der Waals surface area contributed by atoms with Crippen molar-refractivity contribution in [2.45, 2.75) is 59.3 Å². The van der Waals surface area contributed by atoms with E-state index in [4.69, 9.17) is 9.47 Å². The summed E-state index contributed by atoms with van der Waals surface area (Å²) >= 11 is 0. The predicted molar refractivity (Wildman–Crippen MR) is 84.2 cm³/mol. The molecule has 2 unspecified atom stereocenters. The molecule has 0 spiro atoms. The largest absolute Gasteiger partial charge is 0.496 e. The van der Waals surface area contributed by atoms with E-state index in [2.05, 4.69) is 45.1 Å². The maximum Gasteiger partial charge on any atom is 0.124 e. The first-order chi connectivity index (χ1) is 9.62. The zero-order valence-corrected chi connectivity index (χ0v) is 13.5. The smallest absolute Gasteiger partial charge is 0.124 e. The second-order valence-electron chi connectivity index (χ2n) is 5.26. The Morgan fingerprint density at radius 3 is 2.55 bits per heavy atom. The Morgan fingerprint density at radius 1 is 1.20 bits per heavy atom. The third-order valence-electron chi connectivity index (χ3n) is 3.53. The van der Waals surface area contributed by atoms with Gasteiger partial charge in [0.1, 0.15) is 5.75 Å². The van der Waals surface area contributed by atoms with Gasteiger partial charge in [0.15, 0.2) is 0 Å². The molecule has 2 atom stereocenters. The van der Waals surface area contributed by atoms with E-state index in [1.165, 1.54) is 5.56 Å². The first-order valence-electron chi connectivity index (χ1n) is 7.64. The summed E-state index contributed by atoms with van der Waals surface area (Å²) in [5.41, 5.74) is 2.40. The van der Waals surface area contributed by atoms with Gasteiger partial charge in [-0.05, 0) is 44.5 Å². The van der Waals surface area contributed by atoms with Crippen LogP contribution in [0.1, 0.15) is 57.7 Å². The molecule has 3 nitrogen and oxygen atoms in total. The number of rotatable bonds is 9. The first-order valence-corrected chi connectivity index (χ1v) is 7.64. The minimum absolute atomic E-state index is 0.291. The van der Waals surface area contributed by atoms with Crippen molar-refractivity contribution < 1.29 is 9.47 Å². The van der Waals surface area contributed by atoms with E-state index in [0.29, 0.717) is 18.8 Å². The molecule has 20 heavy (non-hydrogen) atoms. The molecular formula is C17H29NO2. The first kappa shape index (κ1) is 17.0. The maximum atomic E-state index is 5.91. The Hall–Kier alpha value is -1.06. The van der Waals surface area contributed by atoms with Crippen molar-refractivity contribution in [3.63, 3.8) is 0 Å². The summed E-state index contributed by atoms with van der Waals surface area (Å²) in [6, 6.07) is 6.68. The monoisotopic (exact) mass is 279 g/mol. The van der Waals surface area contributed by atoms with Gasteiger partial charge >= 0.3 is 0 Å². The van der Waals surface area contributed by atoms with Gasteiger partial charge in [0.25, 0.3) is 0 Å². The highest BCUT2D eigenvalue weighted by Gasteiger charge is 2.10. The summed E-state index contributed by atoms with van der Waals surface area (Å²) in [7, 11) is 1.71. The van der Waals surface area contributed by atoms with E-state index in [9.17, 15) is 0 Å². The molecule has 0 fully saturated rings. The Balaban J connectivity index is 2.78. The fraction of sp³-hybridized carbons (Fsp3) is 0.647. The van der Waals surface area contributed by atoms with Gasteiger partial charge in [-0.25, -0.2) is 0 Å². The lowest BCUT2D eigenvalue weighted by atomic mass is 10.0. The van der Waals surface area contributed by atoms with Crippen LogP contribution in [0.3, 0.4) is 0 Å². The molecular weight excluding hydrogens is 250 g/mol. The second-order valence-corrected chi connectivity index (χ2v) is 5.26. The zero-order valence-electron chi connectivity index (χ0n) is 13.5. The normalized spacial score (nSPS) is 14.1. The maximum absolute atomic E-state index is 5.91. The Kier molecular flexibility index (Phi) is 7.63. The van der Waals surface area contributed by atoms with Gasteiger partial charge in [0.2, 0.25) is 0 Å². The van der Waals surface area contributed by atoms with Crippen molar-refractivity contribution in [1.82, 2.24) is 5.32 Å². The molecule has 0 saturated heterocycles. The van der Waals surface area contributed by atoms with Gasteiger partial charge in [-0.3, -0.25) is 0 Å². The van der Waals surface area contributed by atoms with Crippen LogP contribution in [-0.2, 0) is 11.3 Å². The lowest BCUT2D eigenvalue weighted by Crippen LogP contribution is -2.18. The quantitative estimate of drug-likeness (QED) is 0.739. The zero-order chi connectivity index (χ0) is 15.0. The summed E-state index contributed by atoms with van der Waals surface area (Å²) in [6.45, 7) is 10.2. The molecule has 0 heterocycles. The van der Waals surface area contributed by atoms with Gasteiger partial charge in [-0.15, -0.1) is 0 Å². The SMILES string of the molecule is CCCC(C)OCc1cc(C(C)NCC)ccc1OC. The van der Waals surface area contributed by atoms with E-state index in [-0.39, 0.29) is 0 Å². The topological polar surface area (TPSA) is 30.5 Å². The van der Waals surface area contributed by atoms with Crippen molar-refractivity contribution in [2.24, 2.45) is 0 Å². The van der Waals surface area contributed by atoms with E-state index >= 15 is 0 Å². The molecule has 0 amide bonds. The number of benzene rings is 1. The Morgan fingerprint density at radius 2 is 1.95 bits per heavy atom. The lowest BCUT2D eigenvalue weighted by molar-refractivity contribution is 0.0460. The molecule has 1 N–H and O–H groups in total. The van der Waals surface area contributed by atoms with Gasteiger partial charge in [0, 0.05) is 11.6 Å². The van der Waals surface area contributed by atoms with Crippen molar-refractivity contribution in [1.29, 1.82) is 0 Å². The van der Waals surface area contributed by atoms with E-state index < -0.39 is 0 Å². The molecule has 0 aliphatic carbocycles. The summed E-state index contributed by atoms with van der Waals surface area (Å²) in [4.78, 5) is 0. The third kappa shape index (κ3) is 5.14. The number of methoxy groups -OCH3 is 1. The molecule has 1 aromatic carbocycles. The Bertz CT molecular complexity index is 393. The molecule has 1 rings (SSSR count). The number of hydrogen-bond donors (Lipinski definition) is 1. The predicted octanol–water partition coefficient (Wildman–Crippen LogP) is 4.07. The van der Waals surface area contributed by atoms with E-state index in [0.717, 1.165) is 30.7 Å². The number of nitrogens with one attached hydrogen (secondary N) is 1. The summed E-state index contributed by atoms with van der Waals surface area (Å²) in [5.74, 6) is 0.904. The molecule has 0 aliphatic rings. The lowest BCUT2D eigenvalue weighted by Gasteiger charge is -2.18. The van der Waals surface area contributed by atoms with Crippen LogP contribution < -0.4 is 10.1 Å². The van der Waals surface area contributed by atoms with Crippen LogP contribution in [0.25, 0.3) is 0 Å². The standard InChI is InChI=1S/C17H29NO2/c1-6-8-13(3)20-12-16-11-15(14(4)18-7-2)9-10-17(16)19-5/h9-11,13-14,18H,6-8,12H2,1-5H3.